The second-order valence-electron chi connectivity index (χ2n) is 8.88. The third-order valence-corrected chi connectivity index (χ3v) is 7.54. The number of thioether (sulfide) groups is 1. The van der Waals surface area contributed by atoms with Crippen LogP contribution >= 0.6 is 11.8 Å². The Kier molecular flexibility index (Phi) is 7.73. The summed E-state index contributed by atoms with van der Waals surface area (Å²) in [6.45, 7) is 1.40. The van der Waals surface area contributed by atoms with Crippen molar-refractivity contribution < 1.29 is 9.59 Å². The summed E-state index contributed by atoms with van der Waals surface area (Å²) >= 11 is 1.60. The molecular weight excluding hydrogens is 444 g/mol. The van der Waals surface area contributed by atoms with E-state index in [1.807, 2.05) is 72.6 Å². The number of rotatable bonds is 7. The largest absolute Gasteiger partial charge is 0.339 e. The number of carbonyl (C=O) groups is 2. The van der Waals surface area contributed by atoms with Gasteiger partial charge in [-0.15, -0.1) is 11.8 Å². The number of amides is 2. The first-order valence-corrected chi connectivity index (χ1v) is 12.9. The van der Waals surface area contributed by atoms with Crippen LogP contribution in [0.2, 0.25) is 0 Å². The average molecular weight is 477 g/mol. The van der Waals surface area contributed by atoms with Crippen molar-refractivity contribution >= 4 is 23.6 Å². The lowest BCUT2D eigenvalue weighted by Gasteiger charge is -2.40. The number of likely N-dealkylation sites (tertiary alicyclic amines) is 1. The molecule has 2 aromatic carbocycles. The molecule has 2 heterocycles. The number of likely N-dealkylation sites (N-methyl/N-ethyl adjacent to an activating group) is 1. The lowest BCUT2D eigenvalue weighted by atomic mass is 9.84. The van der Waals surface area contributed by atoms with Gasteiger partial charge in [0.15, 0.2) is 0 Å². The first-order chi connectivity index (χ1) is 16.5. The molecule has 34 heavy (non-hydrogen) atoms. The zero-order chi connectivity index (χ0) is 24.1. The van der Waals surface area contributed by atoms with E-state index in [1.54, 1.807) is 28.7 Å². The topological polar surface area (TPSA) is 58.4 Å². The Labute approximate surface area is 205 Å². The smallest absolute Gasteiger partial charge is 0.274 e. The highest BCUT2D eigenvalue weighted by atomic mass is 32.2. The molecule has 0 saturated carbocycles. The maximum atomic E-state index is 13.2. The average Bonchev–Trinajstić information content (AvgIpc) is 3.33. The van der Waals surface area contributed by atoms with Crippen molar-refractivity contribution in [2.45, 2.75) is 30.2 Å². The Morgan fingerprint density at radius 3 is 2.38 bits per heavy atom. The number of aromatic nitrogens is 2. The van der Waals surface area contributed by atoms with Crippen LogP contribution in [0.25, 0.3) is 0 Å². The lowest BCUT2D eigenvalue weighted by molar-refractivity contribution is 0.0517. The summed E-state index contributed by atoms with van der Waals surface area (Å²) in [6, 6.07) is 19.9. The van der Waals surface area contributed by atoms with Gasteiger partial charge in [0.25, 0.3) is 11.8 Å². The van der Waals surface area contributed by atoms with Gasteiger partial charge >= 0.3 is 0 Å². The van der Waals surface area contributed by atoms with Crippen LogP contribution in [0.4, 0.5) is 0 Å². The van der Waals surface area contributed by atoms with Gasteiger partial charge in [0.05, 0.1) is 5.56 Å². The summed E-state index contributed by atoms with van der Waals surface area (Å²) in [6.07, 6.45) is 6.31. The maximum Gasteiger partial charge on any atom is 0.274 e. The number of carbonyl (C=O) groups excluding carboxylic acids is 2. The SMILES string of the molecule is CSc1ccccc1C(=O)N1CCC([C@H](Cc2ccccc2)N(C)C(=O)c2ccn(C)n2)CC1. The molecule has 178 valence electrons. The predicted molar refractivity (Wildman–Crippen MR) is 136 cm³/mol. The zero-order valence-electron chi connectivity index (χ0n) is 20.1. The van der Waals surface area contributed by atoms with Gasteiger partial charge in [0.2, 0.25) is 0 Å². The van der Waals surface area contributed by atoms with Gasteiger partial charge in [-0.25, -0.2) is 0 Å². The first kappa shape index (κ1) is 24.1. The van der Waals surface area contributed by atoms with Crippen LogP contribution in [0.3, 0.4) is 0 Å². The Morgan fingerprint density at radius 1 is 1.06 bits per heavy atom. The molecule has 2 amide bonds. The molecule has 0 unspecified atom stereocenters. The van der Waals surface area contributed by atoms with Gasteiger partial charge in [0.1, 0.15) is 5.69 Å². The van der Waals surface area contributed by atoms with E-state index >= 15 is 0 Å². The molecule has 1 atom stereocenters. The van der Waals surface area contributed by atoms with Gasteiger partial charge in [0, 0.05) is 44.3 Å². The van der Waals surface area contributed by atoms with Crippen molar-refractivity contribution in [3.63, 3.8) is 0 Å². The van der Waals surface area contributed by atoms with Crippen LogP contribution in [0, 0.1) is 5.92 Å². The van der Waals surface area contributed by atoms with Gasteiger partial charge in [-0.1, -0.05) is 42.5 Å². The summed E-state index contributed by atoms with van der Waals surface area (Å²) in [5.74, 6) is 0.340. The number of piperidine rings is 1. The van der Waals surface area contributed by atoms with Gasteiger partial charge in [-0.05, 0) is 55.2 Å². The van der Waals surface area contributed by atoms with E-state index in [1.165, 1.54) is 5.56 Å². The van der Waals surface area contributed by atoms with E-state index in [-0.39, 0.29) is 17.9 Å². The van der Waals surface area contributed by atoms with Crippen LogP contribution in [-0.2, 0) is 13.5 Å². The number of aryl methyl sites for hydroxylation is 1. The third kappa shape index (κ3) is 5.36. The van der Waals surface area contributed by atoms with Crippen molar-refractivity contribution in [1.29, 1.82) is 0 Å². The predicted octanol–water partition coefficient (Wildman–Crippen LogP) is 4.38. The monoisotopic (exact) mass is 476 g/mol. The molecule has 0 bridgehead atoms. The van der Waals surface area contributed by atoms with E-state index in [0.29, 0.717) is 24.7 Å². The van der Waals surface area contributed by atoms with Crippen molar-refractivity contribution in [1.82, 2.24) is 19.6 Å². The summed E-state index contributed by atoms with van der Waals surface area (Å²) in [5.41, 5.74) is 2.45. The Morgan fingerprint density at radius 2 is 1.74 bits per heavy atom. The fourth-order valence-corrected chi connectivity index (χ4v) is 5.40. The van der Waals surface area contributed by atoms with E-state index in [9.17, 15) is 9.59 Å². The maximum absolute atomic E-state index is 13.2. The molecule has 0 aliphatic carbocycles. The molecule has 4 rings (SSSR count). The standard InChI is InChI=1S/C27H32N4O2S/c1-29-16-15-23(28-29)27(33)30(2)24(19-20-9-5-4-6-10-20)21-13-17-31(18-14-21)26(32)22-11-7-8-12-25(22)34-3/h4-12,15-16,21,24H,13-14,17-19H2,1-3H3/t24-/m0/s1. The second kappa shape index (κ2) is 10.9. The molecule has 1 fully saturated rings. The molecule has 1 saturated heterocycles. The van der Waals surface area contributed by atoms with Crippen LogP contribution in [-0.4, -0.2) is 63.8 Å². The molecule has 6 nitrogen and oxygen atoms in total. The number of nitrogens with zero attached hydrogens (tertiary/aromatic N) is 4. The van der Waals surface area contributed by atoms with E-state index in [2.05, 4.69) is 17.2 Å². The Bertz CT molecular complexity index is 1120. The molecular formula is C27H32N4O2S. The van der Waals surface area contributed by atoms with Crippen molar-refractivity contribution in [2.24, 2.45) is 13.0 Å². The van der Waals surface area contributed by atoms with Crippen LogP contribution in [0.1, 0.15) is 39.3 Å². The van der Waals surface area contributed by atoms with Crippen molar-refractivity contribution in [3.8, 4) is 0 Å². The van der Waals surface area contributed by atoms with E-state index in [4.69, 9.17) is 0 Å². The normalized spacial score (nSPS) is 15.2. The summed E-state index contributed by atoms with van der Waals surface area (Å²) in [5, 5.41) is 4.32. The molecule has 1 aliphatic rings. The summed E-state index contributed by atoms with van der Waals surface area (Å²) in [4.78, 5) is 31.3. The van der Waals surface area contributed by atoms with Crippen molar-refractivity contribution in [3.05, 3.63) is 83.7 Å². The van der Waals surface area contributed by atoms with Crippen LogP contribution in [0.5, 0.6) is 0 Å². The first-order valence-electron chi connectivity index (χ1n) is 11.7. The molecule has 0 spiro atoms. The third-order valence-electron chi connectivity index (χ3n) is 6.75. The minimum Gasteiger partial charge on any atom is -0.339 e. The van der Waals surface area contributed by atoms with Crippen LogP contribution in [0.15, 0.2) is 71.8 Å². The van der Waals surface area contributed by atoms with Gasteiger partial charge < -0.3 is 9.80 Å². The van der Waals surface area contributed by atoms with E-state index < -0.39 is 0 Å². The molecule has 0 radical (unpaired) electrons. The fraction of sp³-hybridized carbons (Fsp3) is 0.370. The second-order valence-corrected chi connectivity index (χ2v) is 9.73. The molecule has 1 aromatic heterocycles. The molecule has 3 aromatic rings. The van der Waals surface area contributed by atoms with Gasteiger partial charge in [-0.2, -0.15) is 5.10 Å². The van der Waals surface area contributed by atoms with Gasteiger partial charge in [-0.3, -0.25) is 14.3 Å². The highest BCUT2D eigenvalue weighted by Crippen LogP contribution is 2.29. The zero-order valence-corrected chi connectivity index (χ0v) is 20.9. The number of benzene rings is 2. The summed E-state index contributed by atoms with van der Waals surface area (Å²) < 4.78 is 1.66. The molecule has 0 N–H and O–H groups in total. The Hall–Kier alpha value is -3.06. The van der Waals surface area contributed by atoms with Crippen LogP contribution < -0.4 is 0 Å². The van der Waals surface area contributed by atoms with E-state index in [0.717, 1.165) is 29.7 Å². The number of hydrogen-bond donors (Lipinski definition) is 0. The lowest BCUT2D eigenvalue weighted by Crippen LogP contribution is -2.48. The minimum absolute atomic E-state index is 0.0349. The summed E-state index contributed by atoms with van der Waals surface area (Å²) in [7, 11) is 3.71. The quantitative estimate of drug-likeness (QED) is 0.475. The minimum atomic E-state index is -0.0612. The fourth-order valence-electron chi connectivity index (χ4n) is 4.81. The number of hydrogen-bond acceptors (Lipinski definition) is 4. The highest BCUT2D eigenvalue weighted by Gasteiger charge is 2.34. The molecule has 7 heteroatoms. The van der Waals surface area contributed by atoms with Crippen molar-refractivity contribution in [2.75, 3.05) is 26.4 Å². The highest BCUT2D eigenvalue weighted by molar-refractivity contribution is 7.98. The molecule has 1 aliphatic heterocycles. The Balaban J connectivity index is 1.49.